The van der Waals surface area contributed by atoms with Crippen molar-refractivity contribution >= 4 is 11.6 Å². The highest BCUT2D eigenvalue weighted by molar-refractivity contribution is 6.30. The lowest BCUT2D eigenvalue weighted by molar-refractivity contribution is 0.388. The van der Waals surface area contributed by atoms with E-state index in [-0.39, 0.29) is 23.5 Å². The lowest BCUT2D eigenvalue weighted by Gasteiger charge is -2.30. The van der Waals surface area contributed by atoms with Gasteiger partial charge < -0.3 is 0 Å². The van der Waals surface area contributed by atoms with Crippen LogP contribution in [-0.2, 0) is 7.05 Å². The zero-order valence-electron chi connectivity index (χ0n) is 7.92. The Hall–Kier alpha value is -1.49. The molecule has 0 fully saturated rings. The van der Waals surface area contributed by atoms with E-state index in [4.69, 9.17) is 11.6 Å². The average Bonchev–Trinajstić information content (AvgIpc) is 2.46. The summed E-state index contributed by atoms with van der Waals surface area (Å²) in [4.78, 5) is 23.5. The first-order chi connectivity index (χ1) is 7.11. The lowest BCUT2D eigenvalue weighted by Crippen LogP contribution is -2.37. The molecule has 0 saturated carbocycles. The van der Waals surface area contributed by atoms with Gasteiger partial charge in [-0.3, -0.25) is 0 Å². The number of hydrogen-bond acceptors (Lipinski definition) is 2. The Labute approximate surface area is 89.5 Å². The number of halogens is 1. The fourth-order valence-electron chi connectivity index (χ4n) is 2.08. The molecule has 2 aliphatic heterocycles. The largest absolute Gasteiger partial charge is 0.347 e. The molecule has 1 aromatic rings. The highest BCUT2D eigenvalue weighted by Crippen LogP contribution is 2.34. The SMILES string of the molecule is Cn1c(=O)n2n(c1=O)C1C=CC2C=C1Cl. The molecule has 0 amide bonds. The van der Waals surface area contributed by atoms with Crippen LogP contribution in [0.4, 0.5) is 0 Å². The fraction of sp³-hybridized carbons (Fsp3) is 0.333. The normalized spacial score (nSPS) is 26.7. The Bertz CT molecular complexity index is 616. The van der Waals surface area contributed by atoms with E-state index in [0.717, 1.165) is 4.57 Å². The maximum absolute atomic E-state index is 11.8. The minimum absolute atomic E-state index is 0.233. The van der Waals surface area contributed by atoms with E-state index >= 15 is 0 Å². The number of rotatable bonds is 0. The standard InChI is InChI=1S/C9H8ClN3O2/c1-11-8(14)12-5-2-3-7(6(10)4-5)13(12)9(11)15/h2-5,7H,1H3. The molecule has 2 unspecified atom stereocenters. The Balaban J connectivity index is 2.44. The number of nitrogens with zero attached hydrogens (tertiary/aromatic N) is 3. The topological polar surface area (TPSA) is 48.9 Å². The van der Waals surface area contributed by atoms with Gasteiger partial charge in [-0.05, 0) is 6.08 Å². The van der Waals surface area contributed by atoms with Gasteiger partial charge in [0.2, 0.25) is 0 Å². The van der Waals surface area contributed by atoms with Crippen molar-refractivity contribution in [1.82, 2.24) is 13.9 Å². The third kappa shape index (κ3) is 0.885. The van der Waals surface area contributed by atoms with Crippen molar-refractivity contribution in [3.63, 3.8) is 0 Å². The molecule has 3 heterocycles. The molecule has 0 N–H and O–H groups in total. The minimum atomic E-state index is -0.328. The molecule has 0 radical (unpaired) electrons. The zero-order chi connectivity index (χ0) is 10.7. The van der Waals surface area contributed by atoms with Gasteiger partial charge in [0.05, 0.1) is 6.04 Å². The molecule has 2 atom stereocenters. The summed E-state index contributed by atoms with van der Waals surface area (Å²) >= 11 is 6.00. The third-order valence-corrected chi connectivity index (χ3v) is 3.20. The number of allylic oxidation sites excluding steroid dienone is 4. The van der Waals surface area contributed by atoms with Gasteiger partial charge in [0.15, 0.2) is 0 Å². The van der Waals surface area contributed by atoms with E-state index in [1.165, 1.54) is 16.4 Å². The van der Waals surface area contributed by atoms with Gasteiger partial charge in [0, 0.05) is 12.1 Å². The van der Waals surface area contributed by atoms with Crippen LogP contribution in [0.5, 0.6) is 0 Å². The second-order valence-corrected chi connectivity index (χ2v) is 4.12. The average molecular weight is 226 g/mol. The van der Waals surface area contributed by atoms with Crippen molar-refractivity contribution in [2.45, 2.75) is 12.1 Å². The molecule has 5 nitrogen and oxygen atoms in total. The summed E-state index contributed by atoms with van der Waals surface area (Å²) < 4.78 is 3.92. The summed E-state index contributed by atoms with van der Waals surface area (Å²) in [5.41, 5.74) is -0.634. The molecule has 0 aromatic carbocycles. The van der Waals surface area contributed by atoms with Gasteiger partial charge in [-0.25, -0.2) is 23.5 Å². The van der Waals surface area contributed by atoms with Crippen molar-refractivity contribution in [3.05, 3.63) is 44.2 Å². The van der Waals surface area contributed by atoms with Crippen LogP contribution in [0, 0.1) is 0 Å². The molecular weight excluding hydrogens is 218 g/mol. The van der Waals surface area contributed by atoms with E-state index in [1.807, 2.05) is 12.2 Å². The molecule has 78 valence electrons. The molecular formula is C9H8ClN3O2. The van der Waals surface area contributed by atoms with Crippen LogP contribution in [0.1, 0.15) is 12.1 Å². The first kappa shape index (κ1) is 8.79. The van der Waals surface area contributed by atoms with E-state index in [9.17, 15) is 9.59 Å². The van der Waals surface area contributed by atoms with Crippen LogP contribution >= 0.6 is 11.6 Å². The highest BCUT2D eigenvalue weighted by atomic mass is 35.5. The zero-order valence-corrected chi connectivity index (χ0v) is 8.68. The van der Waals surface area contributed by atoms with Crippen LogP contribution in [0.15, 0.2) is 32.8 Å². The van der Waals surface area contributed by atoms with Crippen molar-refractivity contribution in [1.29, 1.82) is 0 Å². The smallest absolute Gasteiger partial charge is 0.246 e. The quantitative estimate of drug-likeness (QED) is 0.590. The molecule has 1 aliphatic carbocycles. The molecule has 15 heavy (non-hydrogen) atoms. The van der Waals surface area contributed by atoms with Crippen molar-refractivity contribution in [2.75, 3.05) is 0 Å². The summed E-state index contributed by atoms with van der Waals surface area (Å²) in [7, 11) is 1.47. The first-order valence-electron chi connectivity index (χ1n) is 4.57. The Morgan fingerprint density at radius 1 is 1.20 bits per heavy atom. The summed E-state index contributed by atoms with van der Waals surface area (Å²) in [5.74, 6) is 0. The lowest BCUT2D eigenvalue weighted by atomic mass is 10.0. The van der Waals surface area contributed by atoms with Crippen molar-refractivity contribution in [2.24, 2.45) is 7.05 Å². The molecule has 3 aliphatic rings. The maximum Gasteiger partial charge on any atom is 0.347 e. The summed E-state index contributed by atoms with van der Waals surface area (Å²) in [6.45, 7) is 0. The molecule has 6 heteroatoms. The molecule has 4 rings (SSSR count). The first-order valence-corrected chi connectivity index (χ1v) is 4.94. The van der Waals surface area contributed by atoms with Gasteiger partial charge in [-0.15, -0.1) is 0 Å². The van der Waals surface area contributed by atoms with Crippen molar-refractivity contribution < 1.29 is 0 Å². The second-order valence-electron chi connectivity index (χ2n) is 3.69. The Kier molecular flexibility index (Phi) is 1.49. The third-order valence-electron chi connectivity index (χ3n) is 2.85. The van der Waals surface area contributed by atoms with Crippen molar-refractivity contribution in [3.8, 4) is 0 Å². The van der Waals surface area contributed by atoms with E-state index in [2.05, 4.69) is 0 Å². The predicted octanol–water partition coefficient (Wildman–Crippen LogP) is 0.137. The predicted molar refractivity (Wildman–Crippen MR) is 55.1 cm³/mol. The maximum atomic E-state index is 11.8. The fourth-order valence-corrected chi connectivity index (χ4v) is 2.37. The van der Waals surface area contributed by atoms with E-state index < -0.39 is 0 Å². The molecule has 2 bridgehead atoms. The Morgan fingerprint density at radius 2 is 1.87 bits per heavy atom. The summed E-state index contributed by atoms with van der Waals surface area (Å²) in [6, 6.07) is -0.554. The second kappa shape index (κ2) is 2.55. The van der Waals surface area contributed by atoms with E-state index in [1.54, 1.807) is 6.08 Å². The summed E-state index contributed by atoms with van der Waals surface area (Å²) in [5, 5.41) is 0.593. The number of aromatic nitrogens is 3. The molecule has 0 saturated heterocycles. The van der Waals surface area contributed by atoms with Gasteiger partial charge in [-0.2, -0.15) is 0 Å². The minimum Gasteiger partial charge on any atom is -0.246 e. The molecule has 0 spiro atoms. The summed E-state index contributed by atoms with van der Waals surface area (Å²) in [6.07, 6.45) is 5.50. The van der Waals surface area contributed by atoms with E-state index in [0.29, 0.717) is 5.03 Å². The van der Waals surface area contributed by atoms with Gasteiger partial charge in [-0.1, -0.05) is 23.8 Å². The van der Waals surface area contributed by atoms with Gasteiger partial charge in [0.25, 0.3) is 0 Å². The van der Waals surface area contributed by atoms with Crippen LogP contribution in [0.2, 0.25) is 0 Å². The van der Waals surface area contributed by atoms with Crippen LogP contribution in [-0.4, -0.2) is 13.9 Å². The highest BCUT2D eigenvalue weighted by Gasteiger charge is 2.32. The van der Waals surface area contributed by atoms with Crippen LogP contribution in [0.25, 0.3) is 0 Å². The molecule has 1 aromatic heterocycles. The van der Waals surface area contributed by atoms with Gasteiger partial charge in [0.1, 0.15) is 6.04 Å². The monoisotopic (exact) mass is 225 g/mol. The van der Waals surface area contributed by atoms with Crippen LogP contribution < -0.4 is 11.4 Å². The van der Waals surface area contributed by atoms with Gasteiger partial charge >= 0.3 is 11.4 Å². The Morgan fingerprint density at radius 3 is 2.53 bits per heavy atom. The van der Waals surface area contributed by atoms with Crippen LogP contribution in [0.3, 0.4) is 0 Å². The number of hydrogen-bond donors (Lipinski definition) is 0.